The lowest BCUT2D eigenvalue weighted by Gasteiger charge is -2.08. The molecule has 2 rings (SSSR count). The zero-order chi connectivity index (χ0) is 16.3. The first kappa shape index (κ1) is 15.7. The Hall–Kier alpha value is -2.69. The first-order valence-corrected chi connectivity index (χ1v) is 6.92. The molecule has 1 heterocycles. The minimum Gasteiger partial charge on any atom is -0.465 e. The number of rotatable bonds is 3. The lowest BCUT2D eigenvalue weighted by molar-refractivity contribution is -0.654. The summed E-state index contributed by atoms with van der Waals surface area (Å²) in [5.74, 6) is -0.894. The van der Waals surface area contributed by atoms with Gasteiger partial charge in [-0.15, -0.1) is 5.43 Å². The van der Waals surface area contributed by atoms with E-state index in [0.717, 1.165) is 17.0 Å². The van der Waals surface area contributed by atoms with Crippen molar-refractivity contribution in [3.05, 3.63) is 64.5 Å². The SMILES string of the molecule is COC(=O)c1ccccc1C(=O)N[n+]1c(C)cc(C)cc1C. The summed E-state index contributed by atoms with van der Waals surface area (Å²) in [5.41, 5.74) is 6.26. The fourth-order valence-corrected chi connectivity index (χ4v) is 2.42. The monoisotopic (exact) mass is 299 g/mol. The van der Waals surface area contributed by atoms with Crippen LogP contribution in [0.3, 0.4) is 0 Å². The molecule has 0 aliphatic carbocycles. The van der Waals surface area contributed by atoms with Gasteiger partial charge in [0.15, 0.2) is 0 Å². The van der Waals surface area contributed by atoms with Gasteiger partial charge in [0.1, 0.15) is 0 Å². The van der Waals surface area contributed by atoms with Crippen molar-refractivity contribution in [1.29, 1.82) is 0 Å². The fraction of sp³-hybridized carbons (Fsp3) is 0.235. The largest absolute Gasteiger partial charge is 0.465 e. The Morgan fingerprint density at radius 3 is 2.09 bits per heavy atom. The number of benzene rings is 1. The predicted molar refractivity (Wildman–Crippen MR) is 82.3 cm³/mol. The Labute approximate surface area is 129 Å². The number of nitrogens with one attached hydrogen (secondary N) is 1. The number of ether oxygens (including phenoxy) is 1. The average Bonchev–Trinajstić information content (AvgIpc) is 2.49. The highest BCUT2D eigenvalue weighted by molar-refractivity contribution is 6.07. The van der Waals surface area contributed by atoms with Gasteiger partial charge in [-0.25, -0.2) is 4.79 Å². The van der Waals surface area contributed by atoms with Gasteiger partial charge in [-0.1, -0.05) is 16.8 Å². The first-order chi connectivity index (χ1) is 10.4. The number of aromatic nitrogens is 1. The van der Waals surface area contributed by atoms with Gasteiger partial charge in [0.2, 0.25) is 11.4 Å². The molecule has 1 amide bonds. The summed E-state index contributed by atoms with van der Waals surface area (Å²) in [6, 6.07) is 10.5. The van der Waals surface area contributed by atoms with Crippen LogP contribution in [0.2, 0.25) is 0 Å². The third kappa shape index (κ3) is 3.14. The van der Waals surface area contributed by atoms with Crippen molar-refractivity contribution in [1.82, 2.24) is 0 Å². The van der Waals surface area contributed by atoms with Crippen LogP contribution in [0.25, 0.3) is 0 Å². The maximum absolute atomic E-state index is 12.5. The topological polar surface area (TPSA) is 59.3 Å². The Morgan fingerprint density at radius 1 is 1.00 bits per heavy atom. The zero-order valence-electron chi connectivity index (χ0n) is 13.1. The van der Waals surface area contributed by atoms with E-state index in [4.69, 9.17) is 4.74 Å². The molecule has 1 aromatic heterocycles. The van der Waals surface area contributed by atoms with Crippen LogP contribution >= 0.6 is 0 Å². The molecule has 0 atom stereocenters. The molecule has 0 saturated carbocycles. The fourth-order valence-electron chi connectivity index (χ4n) is 2.42. The molecule has 22 heavy (non-hydrogen) atoms. The second kappa shape index (κ2) is 6.39. The van der Waals surface area contributed by atoms with Crippen LogP contribution in [0, 0.1) is 20.8 Å². The predicted octanol–water partition coefficient (Wildman–Crippen LogP) is 2.07. The molecule has 0 unspecified atom stereocenters. The molecular weight excluding hydrogens is 280 g/mol. The van der Waals surface area contributed by atoms with E-state index in [9.17, 15) is 9.59 Å². The Kier molecular flexibility index (Phi) is 4.56. The third-order valence-electron chi connectivity index (χ3n) is 3.37. The maximum atomic E-state index is 12.5. The number of amides is 1. The molecule has 1 aromatic carbocycles. The van der Waals surface area contributed by atoms with Gasteiger partial charge >= 0.3 is 11.9 Å². The maximum Gasteiger partial charge on any atom is 0.338 e. The number of methoxy groups -OCH3 is 1. The number of esters is 1. The van der Waals surface area contributed by atoms with Crippen molar-refractivity contribution in [2.24, 2.45) is 0 Å². The number of aryl methyl sites for hydroxylation is 3. The van der Waals surface area contributed by atoms with Crippen LogP contribution in [0.15, 0.2) is 36.4 Å². The van der Waals surface area contributed by atoms with Crippen LogP contribution in [0.5, 0.6) is 0 Å². The van der Waals surface area contributed by atoms with Crippen molar-refractivity contribution >= 4 is 11.9 Å². The molecule has 2 aromatic rings. The van der Waals surface area contributed by atoms with Crippen molar-refractivity contribution in [2.75, 3.05) is 12.5 Å². The molecule has 5 heteroatoms. The number of hydrogen-bond acceptors (Lipinski definition) is 3. The van der Waals surface area contributed by atoms with Crippen LogP contribution in [-0.4, -0.2) is 19.0 Å². The molecule has 0 spiro atoms. The number of carbonyl (C=O) groups is 2. The second-order valence-corrected chi connectivity index (χ2v) is 5.13. The lowest BCUT2D eigenvalue weighted by Crippen LogP contribution is -2.53. The van der Waals surface area contributed by atoms with Crippen molar-refractivity contribution < 1.29 is 19.0 Å². The molecular formula is C17H19N2O3+. The summed E-state index contributed by atoms with van der Waals surface area (Å²) in [4.78, 5) is 24.3. The molecule has 1 N–H and O–H groups in total. The van der Waals surface area contributed by atoms with Crippen molar-refractivity contribution in [2.45, 2.75) is 20.8 Å². The molecule has 0 fully saturated rings. The molecule has 0 aliphatic rings. The number of nitrogens with zero attached hydrogens (tertiary/aromatic N) is 1. The summed E-state index contributed by atoms with van der Waals surface area (Å²) < 4.78 is 6.41. The smallest absolute Gasteiger partial charge is 0.338 e. The van der Waals surface area contributed by atoms with Crippen LogP contribution in [0.4, 0.5) is 0 Å². The van der Waals surface area contributed by atoms with Gasteiger partial charge in [0, 0.05) is 26.0 Å². The molecule has 0 saturated heterocycles. The Balaban J connectivity index is 2.37. The molecule has 5 nitrogen and oxygen atoms in total. The third-order valence-corrected chi connectivity index (χ3v) is 3.37. The van der Waals surface area contributed by atoms with E-state index < -0.39 is 5.97 Å². The Morgan fingerprint density at radius 2 is 1.55 bits per heavy atom. The molecule has 0 radical (unpaired) electrons. The molecule has 114 valence electrons. The van der Waals surface area contributed by atoms with E-state index in [2.05, 4.69) is 5.43 Å². The molecule has 0 bridgehead atoms. The van der Waals surface area contributed by atoms with Gasteiger partial charge in [0.05, 0.1) is 18.2 Å². The van der Waals surface area contributed by atoms with Gasteiger partial charge in [-0.3, -0.25) is 4.79 Å². The second-order valence-electron chi connectivity index (χ2n) is 5.13. The summed E-state index contributed by atoms with van der Waals surface area (Å²) in [6.07, 6.45) is 0. The first-order valence-electron chi connectivity index (χ1n) is 6.92. The van der Waals surface area contributed by atoms with Crippen LogP contribution in [-0.2, 0) is 4.74 Å². The Bertz CT molecular complexity index is 715. The van der Waals surface area contributed by atoms with Gasteiger partial charge in [-0.2, -0.15) is 0 Å². The summed E-state index contributed by atoms with van der Waals surface area (Å²) in [7, 11) is 1.29. The summed E-state index contributed by atoms with van der Waals surface area (Å²) in [6.45, 7) is 5.82. The van der Waals surface area contributed by atoms with E-state index in [1.54, 1.807) is 28.9 Å². The quantitative estimate of drug-likeness (QED) is 0.697. The summed E-state index contributed by atoms with van der Waals surface area (Å²) >= 11 is 0. The van der Waals surface area contributed by atoms with E-state index >= 15 is 0 Å². The highest BCUT2D eigenvalue weighted by atomic mass is 16.5. The van der Waals surface area contributed by atoms with E-state index in [1.807, 2.05) is 32.9 Å². The summed E-state index contributed by atoms with van der Waals surface area (Å²) in [5, 5.41) is 0. The normalized spacial score (nSPS) is 10.2. The standard InChI is InChI=1S/C17H18N2O3/c1-11-9-12(2)19(13(3)10-11)18-16(20)14-7-5-6-8-15(14)17(21)22-4/h5-10H,1-4H3/p+1. The number of hydrogen-bond donors (Lipinski definition) is 1. The highest BCUT2D eigenvalue weighted by Crippen LogP contribution is 2.10. The number of carbonyl (C=O) groups excluding carboxylic acids is 2. The lowest BCUT2D eigenvalue weighted by atomic mass is 10.1. The van der Waals surface area contributed by atoms with E-state index in [1.165, 1.54) is 7.11 Å². The zero-order valence-corrected chi connectivity index (χ0v) is 13.1. The van der Waals surface area contributed by atoms with E-state index in [-0.39, 0.29) is 17.0 Å². The number of pyridine rings is 1. The van der Waals surface area contributed by atoms with Gasteiger partial charge in [-0.05, 0) is 24.6 Å². The minimum atomic E-state index is -0.534. The molecule has 0 aliphatic heterocycles. The highest BCUT2D eigenvalue weighted by Gasteiger charge is 2.21. The van der Waals surface area contributed by atoms with Crippen LogP contribution in [0.1, 0.15) is 37.7 Å². The van der Waals surface area contributed by atoms with Crippen molar-refractivity contribution in [3.63, 3.8) is 0 Å². The van der Waals surface area contributed by atoms with Crippen LogP contribution < -0.4 is 10.1 Å². The average molecular weight is 299 g/mol. The van der Waals surface area contributed by atoms with E-state index in [0.29, 0.717) is 0 Å². The minimum absolute atomic E-state index is 0.241. The van der Waals surface area contributed by atoms with Gasteiger partial charge < -0.3 is 4.74 Å². The van der Waals surface area contributed by atoms with Gasteiger partial charge in [0.25, 0.3) is 0 Å². The van der Waals surface area contributed by atoms with Crippen molar-refractivity contribution in [3.8, 4) is 0 Å².